The molecule has 3 aromatic rings. The predicted molar refractivity (Wildman–Crippen MR) is 111 cm³/mol. The van der Waals surface area contributed by atoms with Gasteiger partial charge in [0.25, 0.3) is 5.91 Å². The first-order valence-corrected chi connectivity index (χ1v) is 10.6. The van der Waals surface area contributed by atoms with E-state index in [-0.39, 0.29) is 0 Å². The lowest BCUT2D eigenvalue weighted by atomic mass is 10.1. The van der Waals surface area contributed by atoms with Crippen molar-refractivity contribution in [1.82, 2.24) is 10.6 Å². The van der Waals surface area contributed by atoms with Gasteiger partial charge in [0.15, 0.2) is 0 Å². The summed E-state index contributed by atoms with van der Waals surface area (Å²) in [6.07, 6.45) is 1.08. The van der Waals surface area contributed by atoms with Crippen molar-refractivity contribution in [3.8, 4) is 11.3 Å². The number of benzene rings is 2. The minimum Gasteiger partial charge on any atom is -0.360 e. The fraction of sp³-hybridized carbons (Fsp3) is 0.150. The Bertz CT molecular complexity index is 1150. The number of hydrazone groups is 1. The number of aryl methyl sites for hydroxylation is 1. The SMILES string of the molecule is C/C(=N\NC(=O)c1c(-c2ccccc2)noc1C)c1ccc(NS(C)(=O)=O)cc1. The van der Waals surface area contributed by atoms with Crippen LogP contribution in [0, 0.1) is 6.92 Å². The van der Waals surface area contributed by atoms with Gasteiger partial charge in [-0.1, -0.05) is 47.6 Å². The second-order valence-electron chi connectivity index (χ2n) is 6.42. The molecular weight excluding hydrogens is 392 g/mol. The number of amides is 1. The summed E-state index contributed by atoms with van der Waals surface area (Å²) in [6.45, 7) is 3.40. The second-order valence-corrected chi connectivity index (χ2v) is 8.17. The third-order valence-corrected chi connectivity index (χ3v) is 4.67. The molecule has 3 rings (SSSR count). The maximum Gasteiger partial charge on any atom is 0.277 e. The van der Waals surface area contributed by atoms with Crippen molar-refractivity contribution in [1.29, 1.82) is 0 Å². The Hall–Kier alpha value is -3.46. The molecule has 0 spiro atoms. The molecular formula is C20H20N4O4S. The number of nitrogens with zero attached hydrogens (tertiary/aromatic N) is 2. The second kappa shape index (κ2) is 8.27. The minimum absolute atomic E-state index is 0.320. The molecule has 29 heavy (non-hydrogen) atoms. The summed E-state index contributed by atoms with van der Waals surface area (Å²) >= 11 is 0. The Balaban J connectivity index is 1.77. The molecule has 0 atom stereocenters. The van der Waals surface area contributed by atoms with Crippen molar-refractivity contribution in [2.24, 2.45) is 5.10 Å². The maximum atomic E-state index is 12.7. The van der Waals surface area contributed by atoms with Gasteiger partial charge in [-0.05, 0) is 31.5 Å². The molecule has 2 N–H and O–H groups in total. The zero-order valence-electron chi connectivity index (χ0n) is 16.1. The van der Waals surface area contributed by atoms with E-state index in [0.717, 1.165) is 17.4 Å². The largest absolute Gasteiger partial charge is 0.360 e. The highest BCUT2D eigenvalue weighted by Crippen LogP contribution is 2.24. The lowest BCUT2D eigenvalue weighted by Gasteiger charge is -2.06. The molecule has 1 aromatic heterocycles. The number of carbonyl (C=O) groups is 1. The first kappa shape index (κ1) is 20.3. The van der Waals surface area contributed by atoms with Crippen LogP contribution in [0.25, 0.3) is 11.3 Å². The van der Waals surface area contributed by atoms with Crippen molar-refractivity contribution in [2.75, 3.05) is 11.0 Å². The maximum absolute atomic E-state index is 12.7. The number of nitrogens with one attached hydrogen (secondary N) is 2. The molecule has 1 amide bonds. The van der Waals surface area contributed by atoms with E-state index in [1.165, 1.54) is 0 Å². The third-order valence-electron chi connectivity index (χ3n) is 4.07. The summed E-state index contributed by atoms with van der Waals surface area (Å²) in [5, 5.41) is 8.13. The Kier molecular flexibility index (Phi) is 5.79. The molecule has 2 aromatic carbocycles. The van der Waals surface area contributed by atoms with Crippen molar-refractivity contribution >= 4 is 27.3 Å². The summed E-state index contributed by atoms with van der Waals surface area (Å²) in [5.74, 6) is -0.0391. The summed E-state index contributed by atoms with van der Waals surface area (Å²) < 4.78 is 30.1. The van der Waals surface area contributed by atoms with Gasteiger partial charge in [-0.2, -0.15) is 5.10 Å². The average molecular weight is 412 g/mol. The number of rotatable bonds is 6. The third kappa shape index (κ3) is 5.08. The van der Waals surface area contributed by atoms with Crippen molar-refractivity contribution in [3.63, 3.8) is 0 Å². The standard InChI is InChI=1S/C20H20N4O4S/c1-13(15-9-11-17(12-10-15)24-29(3,26)27)21-22-20(25)18-14(2)28-23-19(18)16-7-5-4-6-8-16/h4-12,24H,1-3H3,(H,22,25)/b21-13+. The fourth-order valence-corrected chi connectivity index (χ4v) is 3.25. The van der Waals surface area contributed by atoms with Crippen LogP contribution >= 0.6 is 0 Å². The van der Waals surface area contributed by atoms with E-state index in [4.69, 9.17) is 4.52 Å². The van der Waals surface area contributed by atoms with Gasteiger partial charge in [-0.3, -0.25) is 9.52 Å². The van der Waals surface area contributed by atoms with E-state index in [9.17, 15) is 13.2 Å². The number of hydrogen-bond donors (Lipinski definition) is 2. The predicted octanol–water partition coefficient (Wildman–Crippen LogP) is 3.18. The minimum atomic E-state index is -3.34. The molecule has 1 heterocycles. The van der Waals surface area contributed by atoms with Crippen LogP contribution in [0.3, 0.4) is 0 Å². The topological polar surface area (TPSA) is 114 Å². The quantitative estimate of drug-likeness (QED) is 0.477. The molecule has 150 valence electrons. The Labute approximate surface area is 168 Å². The molecule has 9 heteroatoms. The van der Waals surface area contributed by atoms with Crippen LogP contribution in [0.5, 0.6) is 0 Å². The summed E-state index contributed by atoms with van der Waals surface area (Å²) in [4.78, 5) is 12.7. The van der Waals surface area contributed by atoms with Crippen LogP contribution < -0.4 is 10.1 Å². The number of anilines is 1. The van der Waals surface area contributed by atoms with Gasteiger partial charge in [0.05, 0.1) is 12.0 Å². The molecule has 0 saturated carbocycles. The molecule has 0 aliphatic heterocycles. The zero-order valence-corrected chi connectivity index (χ0v) is 16.9. The Morgan fingerprint density at radius 1 is 1.07 bits per heavy atom. The van der Waals surface area contributed by atoms with E-state index < -0.39 is 15.9 Å². The Morgan fingerprint density at radius 3 is 2.34 bits per heavy atom. The zero-order chi connectivity index (χ0) is 21.0. The normalized spacial score (nSPS) is 11.9. The van der Waals surface area contributed by atoms with Gasteiger partial charge in [-0.25, -0.2) is 13.8 Å². The number of aromatic nitrogens is 1. The fourth-order valence-electron chi connectivity index (χ4n) is 2.68. The molecule has 0 aliphatic rings. The molecule has 0 saturated heterocycles. The van der Waals surface area contributed by atoms with Crippen LogP contribution in [0.1, 0.15) is 28.6 Å². The monoisotopic (exact) mass is 412 g/mol. The average Bonchev–Trinajstić information content (AvgIpc) is 3.07. The van der Waals surface area contributed by atoms with Gasteiger partial charge >= 0.3 is 0 Å². The molecule has 8 nitrogen and oxygen atoms in total. The molecule has 0 unspecified atom stereocenters. The molecule has 0 aliphatic carbocycles. The molecule has 0 bridgehead atoms. The van der Waals surface area contributed by atoms with Gasteiger partial charge in [0.2, 0.25) is 10.0 Å². The van der Waals surface area contributed by atoms with Crippen LogP contribution in [0.4, 0.5) is 5.69 Å². The highest BCUT2D eigenvalue weighted by atomic mass is 32.2. The van der Waals surface area contributed by atoms with E-state index in [1.807, 2.05) is 30.3 Å². The molecule has 0 fully saturated rings. The summed E-state index contributed by atoms with van der Waals surface area (Å²) in [7, 11) is -3.34. The molecule has 0 radical (unpaired) electrons. The Morgan fingerprint density at radius 2 is 1.72 bits per heavy atom. The van der Waals surface area contributed by atoms with Gasteiger partial charge in [0, 0.05) is 11.3 Å². The van der Waals surface area contributed by atoms with E-state index in [2.05, 4.69) is 20.4 Å². The highest BCUT2D eigenvalue weighted by Gasteiger charge is 2.21. The van der Waals surface area contributed by atoms with Crippen molar-refractivity contribution in [2.45, 2.75) is 13.8 Å². The first-order chi connectivity index (χ1) is 13.7. The van der Waals surface area contributed by atoms with E-state index >= 15 is 0 Å². The van der Waals surface area contributed by atoms with Crippen LogP contribution in [-0.2, 0) is 10.0 Å². The van der Waals surface area contributed by atoms with Gasteiger partial charge in [0.1, 0.15) is 17.0 Å². The van der Waals surface area contributed by atoms with Crippen molar-refractivity contribution in [3.05, 3.63) is 71.5 Å². The first-order valence-electron chi connectivity index (χ1n) is 8.69. The van der Waals surface area contributed by atoms with E-state index in [1.54, 1.807) is 38.1 Å². The lowest BCUT2D eigenvalue weighted by molar-refractivity contribution is 0.0954. The van der Waals surface area contributed by atoms with Gasteiger partial charge < -0.3 is 4.52 Å². The number of hydrogen-bond acceptors (Lipinski definition) is 6. The van der Waals surface area contributed by atoms with Crippen LogP contribution in [0.2, 0.25) is 0 Å². The number of sulfonamides is 1. The lowest BCUT2D eigenvalue weighted by Crippen LogP contribution is -2.20. The number of carbonyl (C=O) groups excluding carboxylic acids is 1. The van der Waals surface area contributed by atoms with Crippen LogP contribution in [-0.4, -0.2) is 31.4 Å². The van der Waals surface area contributed by atoms with Crippen LogP contribution in [0.15, 0.2) is 64.2 Å². The van der Waals surface area contributed by atoms with E-state index in [0.29, 0.717) is 28.4 Å². The smallest absolute Gasteiger partial charge is 0.277 e. The summed E-state index contributed by atoms with van der Waals surface area (Å²) in [6, 6.07) is 15.9. The van der Waals surface area contributed by atoms with Crippen molar-refractivity contribution < 1.29 is 17.7 Å². The highest BCUT2D eigenvalue weighted by molar-refractivity contribution is 7.92. The van der Waals surface area contributed by atoms with Gasteiger partial charge in [-0.15, -0.1) is 0 Å². The summed E-state index contributed by atoms with van der Waals surface area (Å²) in [5.41, 5.74) is 5.79.